The zero-order chi connectivity index (χ0) is 11.8. The molecular formula is C15H21ClN2. The number of nitrogens with zero attached hydrogens (tertiary/aromatic N) is 1. The first-order valence-corrected chi connectivity index (χ1v) is 6.57. The SMILES string of the molecule is Cl.Cn1cc([C@@H](N)C2CCCC2)c2ccccc21. The van der Waals surface area contributed by atoms with E-state index >= 15 is 0 Å². The normalized spacial score (nSPS) is 17.9. The Morgan fingerprint density at radius 2 is 1.89 bits per heavy atom. The molecule has 0 unspecified atom stereocenters. The Hall–Kier alpha value is -0.990. The van der Waals surface area contributed by atoms with Crippen molar-refractivity contribution in [3.05, 3.63) is 36.0 Å². The van der Waals surface area contributed by atoms with Crippen LogP contribution in [0.15, 0.2) is 30.5 Å². The molecule has 1 aromatic heterocycles. The molecule has 18 heavy (non-hydrogen) atoms. The van der Waals surface area contributed by atoms with E-state index in [4.69, 9.17) is 5.73 Å². The molecule has 0 aliphatic heterocycles. The van der Waals surface area contributed by atoms with Gasteiger partial charge in [0.05, 0.1) is 0 Å². The van der Waals surface area contributed by atoms with E-state index in [2.05, 4.69) is 42.1 Å². The van der Waals surface area contributed by atoms with Gasteiger partial charge in [0, 0.05) is 30.2 Å². The number of benzene rings is 1. The van der Waals surface area contributed by atoms with Crippen molar-refractivity contribution in [3.8, 4) is 0 Å². The molecule has 0 bridgehead atoms. The van der Waals surface area contributed by atoms with E-state index in [0.29, 0.717) is 5.92 Å². The molecule has 3 rings (SSSR count). The molecule has 1 aliphatic carbocycles. The molecule has 1 saturated carbocycles. The molecule has 2 aromatic rings. The maximum Gasteiger partial charge on any atom is 0.0481 e. The Bertz CT molecular complexity index is 526. The van der Waals surface area contributed by atoms with Crippen molar-refractivity contribution in [2.75, 3.05) is 0 Å². The molecule has 1 aromatic carbocycles. The Morgan fingerprint density at radius 3 is 2.61 bits per heavy atom. The molecule has 0 saturated heterocycles. The van der Waals surface area contributed by atoms with Crippen molar-refractivity contribution in [3.63, 3.8) is 0 Å². The molecule has 3 heteroatoms. The molecule has 98 valence electrons. The van der Waals surface area contributed by atoms with E-state index < -0.39 is 0 Å². The van der Waals surface area contributed by atoms with Gasteiger partial charge in [0.15, 0.2) is 0 Å². The molecular weight excluding hydrogens is 244 g/mol. The first kappa shape index (κ1) is 13.4. The minimum atomic E-state index is 0. The van der Waals surface area contributed by atoms with Gasteiger partial charge >= 0.3 is 0 Å². The second-order valence-corrected chi connectivity index (χ2v) is 5.28. The standard InChI is InChI=1S/C15H20N2.ClH/c1-17-10-13(12-8-4-5-9-14(12)17)15(16)11-6-2-3-7-11;/h4-5,8-11,15H,2-3,6-7,16H2,1H3;1H/t15-;/m0./s1. The zero-order valence-electron chi connectivity index (χ0n) is 10.8. The summed E-state index contributed by atoms with van der Waals surface area (Å²) in [6.07, 6.45) is 7.51. The first-order valence-electron chi connectivity index (χ1n) is 6.57. The van der Waals surface area contributed by atoms with Gasteiger partial charge in [-0.2, -0.15) is 0 Å². The average Bonchev–Trinajstić information content (AvgIpc) is 2.97. The summed E-state index contributed by atoms with van der Waals surface area (Å²) in [6.45, 7) is 0. The van der Waals surface area contributed by atoms with Gasteiger partial charge in [0.1, 0.15) is 0 Å². The van der Waals surface area contributed by atoms with E-state index in [1.165, 1.54) is 42.1 Å². The van der Waals surface area contributed by atoms with E-state index in [1.54, 1.807) is 0 Å². The van der Waals surface area contributed by atoms with Crippen molar-refractivity contribution in [2.24, 2.45) is 18.7 Å². The van der Waals surface area contributed by atoms with Crippen molar-refractivity contribution >= 4 is 23.3 Å². The number of fused-ring (bicyclic) bond motifs is 1. The van der Waals surface area contributed by atoms with Crippen LogP contribution in [0.2, 0.25) is 0 Å². The topological polar surface area (TPSA) is 30.9 Å². The molecule has 0 radical (unpaired) electrons. The maximum atomic E-state index is 6.47. The van der Waals surface area contributed by atoms with Crippen LogP contribution >= 0.6 is 12.4 Å². The fourth-order valence-corrected chi connectivity index (χ4v) is 3.21. The van der Waals surface area contributed by atoms with Crippen molar-refractivity contribution in [1.82, 2.24) is 4.57 Å². The predicted molar refractivity (Wildman–Crippen MR) is 79.1 cm³/mol. The quantitative estimate of drug-likeness (QED) is 0.879. The summed E-state index contributed by atoms with van der Waals surface area (Å²) in [4.78, 5) is 0. The van der Waals surface area contributed by atoms with Gasteiger partial charge in [-0.3, -0.25) is 0 Å². The van der Waals surface area contributed by atoms with Gasteiger partial charge in [0.2, 0.25) is 0 Å². The third-order valence-corrected chi connectivity index (χ3v) is 4.19. The highest BCUT2D eigenvalue weighted by atomic mass is 35.5. The Kier molecular flexibility index (Phi) is 3.98. The number of halogens is 1. The summed E-state index contributed by atoms with van der Waals surface area (Å²) < 4.78 is 2.19. The molecule has 1 heterocycles. The summed E-state index contributed by atoms with van der Waals surface area (Å²) in [5.41, 5.74) is 9.08. The highest BCUT2D eigenvalue weighted by Crippen LogP contribution is 2.37. The van der Waals surface area contributed by atoms with Crippen LogP contribution in [0.25, 0.3) is 10.9 Å². The second kappa shape index (κ2) is 5.33. The largest absolute Gasteiger partial charge is 0.350 e. The van der Waals surface area contributed by atoms with Crippen LogP contribution < -0.4 is 5.73 Å². The number of rotatable bonds is 2. The van der Waals surface area contributed by atoms with Gasteiger partial charge in [-0.15, -0.1) is 12.4 Å². The van der Waals surface area contributed by atoms with Gasteiger partial charge in [-0.25, -0.2) is 0 Å². The summed E-state index contributed by atoms with van der Waals surface area (Å²) in [5.74, 6) is 0.681. The van der Waals surface area contributed by atoms with Crippen LogP contribution in [0.5, 0.6) is 0 Å². The molecule has 1 fully saturated rings. The van der Waals surface area contributed by atoms with Crippen molar-refractivity contribution in [2.45, 2.75) is 31.7 Å². The molecule has 1 aliphatic rings. The van der Waals surface area contributed by atoms with Crippen LogP contribution in [0.4, 0.5) is 0 Å². The minimum absolute atomic E-state index is 0. The number of nitrogens with two attached hydrogens (primary N) is 1. The highest BCUT2D eigenvalue weighted by molar-refractivity contribution is 5.85. The maximum absolute atomic E-state index is 6.47. The summed E-state index contributed by atoms with van der Waals surface area (Å²) in [7, 11) is 2.10. The summed E-state index contributed by atoms with van der Waals surface area (Å²) in [5, 5.41) is 1.33. The predicted octanol–water partition coefficient (Wildman–Crippen LogP) is 3.79. The monoisotopic (exact) mass is 264 g/mol. The first-order chi connectivity index (χ1) is 8.27. The van der Waals surface area contributed by atoms with Crippen LogP contribution in [-0.4, -0.2) is 4.57 Å². The Balaban J connectivity index is 0.00000120. The Labute approximate surface area is 115 Å². The molecule has 0 spiro atoms. The van der Waals surface area contributed by atoms with Crippen LogP contribution in [0, 0.1) is 5.92 Å². The molecule has 1 atom stereocenters. The average molecular weight is 265 g/mol. The third kappa shape index (κ3) is 2.15. The fourth-order valence-electron chi connectivity index (χ4n) is 3.21. The summed E-state index contributed by atoms with van der Waals surface area (Å²) >= 11 is 0. The van der Waals surface area contributed by atoms with Crippen molar-refractivity contribution in [1.29, 1.82) is 0 Å². The fraction of sp³-hybridized carbons (Fsp3) is 0.467. The Morgan fingerprint density at radius 1 is 1.22 bits per heavy atom. The van der Waals surface area contributed by atoms with Crippen molar-refractivity contribution < 1.29 is 0 Å². The number of hydrogen-bond acceptors (Lipinski definition) is 1. The number of para-hydroxylation sites is 1. The van der Waals surface area contributed by atoms with Gasteiger partial charge < -0.3 is 10.3 Å². The lowest BCUT2D eigenvalue weighted by Gasteiger charge is -2.18. The lowest BCUT2D eigenvalue weighted by molar-refractivity contribution is 0.446. The van der Waals surface area contributed by atoms with Crippen LogP contribution in [-0.2, 0) is 7.05 Å². The van der Waals surface area contributed by atoms with E-state index in [1.807, 2.05) is 0 Å². The molecule has 2 nitrogen and oxygen atoms in total. The lowest BCUT2D eigenvalue weighted by atomic mass is 9.92. The van der Waals surface area contributed by atoms with Crippen LogP contribution in [0.3, 0.4) is 0 Å². The second-order valence-electron chi connectivity index (χ2n) is 5.28. The van der Waals surface area contributed by atoms with Gasteiger partial charge in [-0.05, 0) is 30.4 Å². The molecule has 2 N–H and O–H groups in total. The van der Waals surface area contributed by atoms with E-state index in [-0.39, 0.29) is 18.4 Å². The lowest BCUT2D eigenvalue weighted by Crippen LogP contribution is -2.18. The summed E-state index contributed by atoms with van der Waals surface area (Å²) in [6, 6.07) is 8.77. The number of aromatic nitrogens is 1. The van der Waals surface area contributed by atoms with Gasteiger partial charge in [0.25, 0.3) is 0 Å². The van der Waals surface area contributed by atoms with Crippen LogP contribution in [0.1, 0.15) is 37.3 Å². The van der Waals surface area contributed by atoms with E-state index in [0.717, 1.165) is 0 Å². The number of hydrogen-bond donors (Lipinski definition) is 1. The van der Waals surface area contributed by atoms with E-state index in [9.17, 15) is 0 Å². The van der Waals surface area contributed by atoms with Gasteiger partial charge in [-0.1, -0.05) is 31.0 Å². The molecule has 0 amide bonds. The third-order valence-electron chi connectivity index (χ3n) is 4.19. The minimum Gasteiger partial charge on any atom is -0.350 e. The number of aryl methyl sites for hydroxylation is 1. The smallest absolute Gasteiger partial charge is 0.0481 e. The zero-order valence-corrected chi connectivity index (χ0v) is 11.6. The highest BCUT2D eigenvalue weighted by Gasteiger charge is 2.25.